The summed E-state index contributed by atoms with van der Waals surface area (Å²) < 4.78 is 0.737. The molecular formula is C14H17BrN2O4. The molecule has 6 nitrogen and oxygen atoms in total. The second-order valence-corrected chi connectivity index (χ2v) is 6.59. The van der Waals surface area contributed by atoms with Crippen LogP contribution in [0.3, 0.4) is 0 Å². The number of nitro groups is 1. The van der Waals surface area contributed by atoms with Gasteiger partial charge in [0.15, 0.2) is 0 Å². The van der Waals surface area contributed by atoms with Gasteiger partial charge >= 0.3 is 5.97 Å². The normalized spacial score (nSPS) is 21.8. The Bertz CT molecular complexity index is 590. The standard InChI is InChI=1S/C14H17BrN2O4/c1-9(2)14(13(18)19)5-6-16(8-14)12-7-10(15)3-4-11(12)17(20)21/h3-4,7,9H,5-6,8H2,1-2H3,(H,18,19). The lowest BCUT2D eigenvalue weighted by Gasteiger charge is -2.29. The molecule has 114 valence electrons. The van der Waals surface area contributed by atoms with Gasteiger partial charge in [-0.25, -0.2) is 0 Å². The first-order chi connectivity index (χ1) is 9.78. The third-order valence-corrected chi connectivity index (χ3v) is 4.80. The van der Waals surface area contributed by atoms with E-state index in [1.807, 2.05) is 13.8 Å². The molecule has 0 aliphatic carbocycles. The van der Waals surface area contributed by atoms with Crippen molar-refractivity contribution in [2.75, 3.05) is 18.0 Å². The number of nitro benzene ring substituents is 1. The van der Waals surface area contributed by atoms with Crippen LogP contribution >= 0.6 is 15.9 Å². The van der Waals surface area contributed by atoms with Gasteiger partial charge in [0.05, 0.1) is 10.3 Å². The lowest BCUT2D eigenvalue weighted by atomic mass is 9.76. The van der Waals surface area contributed by atoms with Crippen LogP contribution in [0.2, 0.25) is 0 Å². The van der Waals surface area contributed by atoms with Crippen LogP contribution < -0.4 is 4.90 Å². The molecule has 1 aliphatic heterocycles. The average molecular weight is 357 g/mol. The van der Waals surface area contributed by atoms with E-state index in [0.29, 0.717) is 18.7 Å². The Morgan fingerprint density at radius 1 is 1.52 bits per heavy atom. The molecule has 1 aromatic rings. The van der Waals surface area contributed by atoms with Gasteiger partial charge in [-0.05, 0) is 24.5 Å². The largest absolute Gasteiger partial charge is 0.481 e. The van der Waals surface area contributed by atoms with Crippen LogP contribution in [0.25, 0.3) is 0 Å². The number of rotatable bonds is 4. The fourth-order valence-corrected chi connectivity index (χ4v) is 3.18. The number of benzene rings is 1. The van der Waals surface area contributed by atoms with E-state index in [-0.39, 0.29) is 18.2 Å². The molecule has 1 aliphatic rings. The van der Waals surface area contributed by atoms with Crippen LogP contribution in [0.15, 0.2) is 22.7 Å². The summed E-state index contributed by atoms with van der Waals surface area (Å²) >= 11 is 3.31. The number of carboxylic acids is 1. The molecule has 0 amide bonds. The third-order valence-electron chi connectivity index (χ3n) is 4.31. The number of hydrogen-bond donors (Lipinski definition) is 1. The first kappa shape index (κ1) is 15.8. The number of aliphatic carboxylic acids is 1. The summed E-state index contributed by atoms with van der Waals surface area (Å²) in [5, 5.41) is 20.7. The predicted molar refractivity (Wildman–Crippen MR) is 82.5 cm³/mol. The zero-order valence-corrected chi connectivity index (χ0v) is 13.5. The van der Waals surface area contributed by atoms with Crippen LogP contribution in [0.4, 0.5) is 11.4 Å². The van der Waals surface area contributed by atoms with E-state index >= 15 is 0 Å². The Hall–Kier alpha value is -1.63. The molecule has 0 saturated carbocycles. The monoisotopic (exact) mass is 356 g/mol. The maximum atomic E-state index is 11.7. The Kier molecular flexibility index (Phi) is 4.22. The number of carboxylic acid groups (broad SMARTS) is 1. The highest BCUT2D eigenvalue weighted by Crippen LogP contribution is 2.42. The zero-order valence-electron chi connectivity index (χ0n) is 11.9. The van der Waals surface area contributed by atoms with Crippen molar-refractivity contribution in [3.05, 3.63) is 32.8 Å². The minimum atomic E-state index is -0.851. The quantitative estimate of drug-likeness (QED) is 0.660. The molecule has 1 heterocycles. The highest BCUT2D eigenvalue weighted by Gasteiger charge is 2.48. The van der Waals surface area contributed by atoms with Crippen molar-refractivity contribution >= 4 is 33.3 Å². The van der Waals surface area contributed by atoms with Gasteiger partial charge in [0.25, 0.3) is 5.69 Å². The number of nitrogens with zero attached hydrogens (tertiary/aromatic N) is 2. The van der Waals surface area contributed by atoms with Gasteiger partial charge in [-0.2, -0.15) is 0 Å². The van der Waals surface area contributed by atoms with Crippen LogP contribution in [-0.4, -0.2) is 29.1 Å². The molecule has 0 aromatic heterocycles. The molecule has 7 heteroatoms. The Labute approximate surface area is 131 Å². The maximum Gasteiger partial charge on any atom is 0.311 e. The van der Waals surface area contributed by atoms with Gasteiger partial charge in [0.1, 0.15) is 5.69 Å². The molecule has 21 heavy (non-hydrogen) atoms. The van der Waals surface area contributed by atoms with Crippen molar-refractivity contribution in [1.29, 1.82) is 0 Å². The smallest absolute Gasteiger partial charge is 0.311 e. The van der Waals surface area contributed by atoms with Crippen LogP contribution in [-0.2, 0) is 4.79 Å². The fraction of sp³-hybridized carbons (Fsp3) is 0.500. The van der Waals surface area contributed by atoms with E-state index in [0.717, 1.165) is 4.47 Å². The maximum absolute atomic E-state index is 11.7. The van der Waals surface area contributed by atoms with E-state index in [4.69, 9.17) is 0 Å². The Morgan fingerprint density at radius 3 is 2.67 bits per heavy atom. The first-order valence-corrected chi connectivity index (χ1v) is 7.49. The lowest BCUT2D eigenvalue weighted by Crippen LogP contribution is -2.39. The predicted octanol–water partition coefficient (Wildman–Crippen LogP) is 3.29. The second-order valence-electron chi connectivity index (χ2n) is 5.68. The molecule has 0 spiro atoms. The number of hydrogen-bond acceptors (Lipinski definition) is 4. The SMILES string of the molecule is CC(C)C1(C(=O)O)CCN(c2cc(Br)ccc2[N+](=O)[O-])C1. The van der Waals surface area contributed by atoms with Gasteiger partial charge in [0.2, 0.25) is 0 Å². The summed E-state index contributed by atoms with van der Waals surface area (Å²) in [5.74, 6) is -0.871. The zero-order chi connectivity index (χ0) is 15.8. The van der Waals surface area contributed by atoms with Gasteiger partial charge in [-0.1, -0.05) is 29.8 Å². The summed E-state index contributed by atoms with van der Waals surface area (Å²) in [6, 6.07) is 4.73. The molecule has 1 N–H and O–H groups in total. The summed E-state index contributed by atoms with van der Waals surface area (Å²) in [5.41, 5.74) is -0.378. The van der Waals surface area contributed by atoms with Gasteiger partial charge < -0.3 is 10.0 Å². The first-order valence-electron chi connectivity index (χ1n) is 6.70. The molecule has 1 aromatic carbocycles. The molecule has 2 rings (SSSR count). The fourth-order valence-electron chi connectivity index (χ4n) is 2.84. The minimum absolute atomic E-state index is 0.00291. The van der Waals surface area contributed by atoms with Gasteiger partial charge in [-0.15, -0.1) is 0 Å². The molecule has 1 atom stereocenters. The van der Waals surface area contributed by atoms with Crippen molar-refractivity contribution in [2.45, 2.75) is 20.3 Å². The molecule has 1 unspecified atom stereocenters. The number of halogens is 1. The lowest BCUT2D eigenvalue weighted by molar-refractivity contribution is -0.384. The molecule has 0 bridgehead atoms. The molecule has 1 saturated heterocycles. The highest BCUT2D eigenvalue weighted by atomic mass is 79.9. The minimum Gasteiger partial charge on any atom is -0.481 e. The van der Waals surface area contributed by atoms with Crippen molar-refractivity contribution in [2.24, 2.45) is 11.3 Å². The highest BCUT2D eigenvalue weighted by molar-refractivity contribution is 9.10. The topological polar surface area (TPSA) is 83.7 Å². The van der Waals surface area contributed by atoms with Crippen LogP contribution in [0, 0.1) is 21.4 Å². The molecule has 0 radical (unpaired) electrons. The average Bonchev–Trinajstić information content (AvgIpc) is 2.84. The second kappa shape index (κ2) is 5.63. The molecule has 1 fully saturated rings. The van der Waals surface area contributed by atoms with E-state index in [1.165, 1.54) is 6.07 Å². The van der Waals surface area contributed by atoms with Crippen LogP contribution in [0.5, 0.6) is 0 Å². The van der Waals surface area contributed by atoms with E-state index < -0.39 is 16.3 Å². The van der Waals surface area contributed by atoms with Gasteiger partial charge in [0, 0.05) is 23.6 Å². The van der Waals surface area contributed by atoms with Crippen LogP contribution in [0.1, 0.15) is 20.3 Å². The Balaban J connectivity index is 2.40. The van der Waals surface area contributed by atoms with Gasteiger partial charge in [-0.3, -0.25) is 14.9 Å². The number of carbonyl (C=O) groups is 1. The van der Waals surface area contributed by atoms with Crippen molar-refractivity contribution in [3.8, 4) is 0 Å². The summed E-state index contributed by atoms with van der Waals surface area (Å²) in [7, 11) is 0. The van der Waals surface area contributed by atoms with E-state index in [9.17, 15) is 20.0 Å². The third kappa shape index (κ3) is 2.74. The van der Waals surface area contributed by atoms with E-state index in [2.05, 4.69) is 15.9 Å². The summed E-state index contributed by atoms with van der Waals surface area (Å²) in [6.07, 6.45) is 0.490. The Morgan fingerprint density at radius 2 is 2.19 bits per heavy atom. The van der Waals surface area contributed by atoms with E-state index in [1.54, 1.807) is 17.0 Å². The van der Waals surface area contributed by atoms with Crippen molar-refractivity contribution in [1.82, 2.24) is 0 Å². The number of anilines is 1. The van der Waals surface area contributed by atoms with Crippen molar-refractivity contribution < 1.29 is 14.8 Å². The summed E-state index contributed by atoms with van der Waals surface area (Å²) in [6.45, 7) is 4.55. The molecular weight excluding hydrogens is 340 g/mol. The van der Waals surface area contributed by atoms with Crippen molar-refractivity contribution in [3.63, 3.8) is 0 Å². The summed E-state index contributed by atoms with van der Waals surface area (Å²) in [4.78, 5) is 24.2.